The zero-order valence-electron chi connectivity index (χ0n) is 7.76. The highest BCUT2D eigenvalue weighted by atomic mass is 16.2. The summed E-state index contributed by atoms with van der Waals surface area (Å²) in [5, 5.41) is 5.95. The highest BCUT2D eigenvalue weighted by Crippen LogP contribution is 2.00. The molecule has 0 bridgehead atoms. The fraction of sp³-hybridized carbons (Fsp3) is 0.875. The van der Waals surface area contributed by atoms with Gasteiger partial charge in [0.25, 0.3) is 0 Å². The van der Waals surface area contributed by atoms with Gasteiger partial charge in [-0.3, -0.25) is 9.69 Å². The van der Waals surface area contributed by atoms with Gasteiger partial charge in [0.2, 0.25) is 5.91 Å². The van der Waals surface area contributed by atoms with Crippen LogP contribution in [0.1, 0.15) is 6.92 Å². The smallest absolute Gasteiger partial charge is 0.234 e. The summed E-state index contributed by atoms with van der Waals surface area (Å²) in [6.07, 6.45) is 0. The van der Waals surface area contributed by atoms with Crippen LogP contribution in [0.3, 0.4) is 0 Å². The van der Waals surface area contributed by atoms with E-state index < -0.39 is 0 Å². The topological polar surface area (TPSA) is 44.4 Å². The van der Waals surface area contributed by atoms with Crippen LogP contribution in [0.15, 0.2) is 0 Å². The van der Waals surface area contributed by atoms with Crippen LogP contribution in [0, 0.1) is 0 Å². The monoisotopic (exact) mass is 171 g/mol. The number of hydrogen-bond donors (Lipinski definition) is 2. The van der Waals surface area contributed by atoms with E-state index in [0.717, 1.165) is 19.6 Å². The molecule has 1 amide bonds. The summed E-state index contributed by atoms with van der Waals surface area (Å²) in [5.74, 6) is 0.118. The summed E-state index contributed by atoms with van der Waals surface area (Å²) in [6.45, 7) is 5.18. The van der Waals surface area contributed by atoms with E-state index in [1.165, 1.54) is 0 Å². The summed E-state index contributed by atoms with van der Waals surface area (Å²) in [7, 11) is 1.99. The van der Waals surface area contributed by atoms with Crippen molar-refractivity contribution < 1.29 is 4.79 Å². The van der Waals surface area contributed by atoms with E-state index in [0.29, 0.717) is 12.6 Å². The van der Waals surface area contributed by atoms with E-state index in [1.807, 2.05) is 14.0 Å². The Bertz CT molecular complexity index is 156. The van der Waals surface area contributed by atoms with Crippen LogP contribution in [0.4, 0.5) is 0 Å². The maximum Gasteiger partial charge on any atom is 0.234 e. The average molecular weight is 171 g/mol. The zero-order chi connectivity index (χ0) is 8.97. The number of carbonyl (C=O) groups is 1. The van der Waals surface area contributed by atoms with Crippen LogP contribution in [0.25, 0.3) is 0 Å². The Balaban J connectivity index is 2.15. The molecular formula is C8H17N3O. The number of amides is 1. The lowest BCUT2D eigenvalue weighted by atomic mass is 10.1. The fourth-order valence-corrected chi connectivity index (χ4v) is 1.19. The van der Waals surface area contributed by atoms with Crippen molar-refractivity contribution in [3.05, 3.63) is 0 Å². The highest BCUT2D eigenvalue weighted by Gasteiger charge is 2.22. The van der Waals surface area contributed by atoms with E-state index in [9.17, 15) is 4.79 Å². The molecule has 1 aliphatic rings. The molecule has 12 heavy (non-hydrogen) atoms. The largest absolute Gasteiger partial charge is 0.355 e. The fourth-order valence-electron chi connectivity index (χ4n) is 1.19. The van der Waals surface area contributed by atoms with Gasteiger partial charge in [0.1, 0.15) is 0 Å². The maximum atomic E-state index is 11.1. The Morgan fingerprint density at radius 1 is 1.67 bits per heavy atom. The van der Waals surface area contributed by atoms with Gasteiger partial charge in [-0.1, -0.05) is 0 Å². The molecule has 0 aromatic carbocycles. The van der Waals surface area contributed by atoms with Crippen LogP contribution < -0.4 is 10.6 Å². The van der Waals surface area contributed by atoms with E-state index in [4.69, 9.17) is 0 Å². The first kappa shape index (κ1) is 9.48. The second kappa shape index (κ2) is 4.42. The van der Waals surface area contributed by atoms with E-state index in [-0.39, 0.29) is 5.91 Å². The number of nitrogens with zero attached hydrogens (tertiary/aromatic N) is 1. The van der Waals surface area contributed by atoms with Crippen LogP contribution in [-0.2, 0) is 4.79 Å². The van der Waals surface area contributed by atoms with Gasteiger partial charge in [-0.05, 0) is 14.0 Å². The SMILES string of the molecule is CCNC(=O)CN(C)C1CNC1. The molecule has 0 aliphatic carbocycles. The third kappa shape index (κ3) is 2.46. The molecule has 1 rings (SSSR count). The minimum Gasteiger partial charge on any atom is -0.355 e. The number of likely N-dealkylation sites (N-methyl/N-ethyl adjacent to an activating group) is 2. The lowest BCUT2D eigenvalue weighted by Gasteiger charge is -2.35. The minimum absolute atomic E-state index is 0.118. The predicted octanol–water partition coefficient (Wildman–Crippen LogP) is -0.974. The molecule has 1 saturated heterocycles. The number of carbonyl (C=O) groups excluding carboxylic acids is 1. The van der Waals surface area contributed by atoms with Gasteiger partial charge >= 0.3 is 0 Å². The van der Waals surface area contributed by atoms with E-state index in [1.54, 1.807) is 0 Å². The standard InChI is InChI=1S/C8H17N3O/c1-3-10-8(12)6-11(2)7-4-9-5-7/h7,9H,3-6H2,1-2H3,(H,10,12). The normalized spacial score (nSPS) is 17.6. The lowest BCUT2D eigenvalue weighted by Crippen LogP contribution is -2.57. The van der Waals surface area contributed by atoms with Gasteiger partial charge in [-0.2, -0.15) is 0 Å². The first-order valence-corrected chi connectivity index (χ1v) is 4.41. The quantitative estimate of drug-likeness (QED) is 0.572. The second-order valence-corrected chi connectivity index (χ2v) is 3.18. The molecule has 1 aliphatic heterocycles. The molecule has 0 radical (unpaired) electrons. The molecule has 0 saturated carbocycles. The third-order valence-corrected chi connectivity index (χ3v) is 2.15. The zero-order valence-corrected chi connectivity index (χ0v) is 7.76. The molecule has 70 valence electrons. The Morgan fingerprint density at radius 3 is 2.75 bits per heavy atom. The first-order valence-electron chi connectivity index (χ1n) is 4.41. The first-order chi connectivity index (χ1) is 5.74. The molecule has 4 nitrogen and oxygen atoms in total. The van der Waals surface area contributed by atoms with Gasteiger partial charge in [0.15, 0.2) is 0 Å². The number of rotatable bonds is 4. The van der Waals surface area contributed by atoms with Crippen LogP contribution in [0.5, 0.6) is 0 Å². The molecule has 0 aromatic rings. The van der Waals surface area contributed by atoms with Crippen LogP contribution in [0.2, 0.25) is 0 Å². The summed E-state index contributed by atoms with van der Waals surface area (Å²) >= 11 is 0. The Kier molecular flexibility index (Phi) is 3.49. The lowest BCUT2D eigenvalue weighted by molar-refractivity contribution is -0.122. The van der Waals surface area contributed by atoms with Crippen molar-refractivity contribution in [1.29, 1.82) is 0 Å². The molecule has 0 aromatic heterocycles. The molecule has 0 atom stereocenters. The molecule has 0 unspecified atom stereocenters. The van der Waals surface area contributed by atoms with Crippen molar-refractivity contribution in [3.63, 3.8) is 0 Å². The van der Waals surface area contributed by atoms with E-state index in [2.05, 4.69) is 15.5 Å². The van der Waals surface area contributed by atoms with Crippen LogP contribution >= 0.6 is 0 Å². The van der Waals surface area contributed by atoms with Crippen molar-refractivity contribution in [2.75, 3.05) is 33.2 Å². The van der Waals surface area contributed by atoms with Crippen molar-refractivity contribution >= 4 is 5.91 Å². The molecule has 2 N–H and O–H groups in total. The van der Waals surface area contributed by atoms with Gasteiger partial charge in [-0.15, -0.1) is 0 Å². The summed E-state index contributed by atoms with van der Waals surface area (Å²) in [6, 6.07) is 0.549. The maximum absolute atomic E-state index is 11.1. The van der Waals surface area contributed by atoms with Crippen molar-refractivity contribution in [3.8, 4) is 0 Å². The summed E-state index contributed by atoms with van der Waals surface area (Å²) < 4.78 is 0. The van der Waals surface area contributed by atoms with Gasteiger partial charge < -0.3 is 10.6 Å². The van der Waals surface area contributed by atoms with Gasteiger partial charge in [0, 0.05) is 25.7 Å². The second-order valence-electron chi connectivity index (χ2n) is 3.18. The van der Waals surface area contributed by atoms with Crippen molar-refractivity contribution in [2.24, 2.45) is 0 Å². The minimum atomic E-state index is 0.118. The molecule has 1 fully saturated rings. The van der Waals surface area contributed by atoms with Crippen LogP contribution in [-0.4, -0.2) is 50.1 Å². The Morgan fingerprint density at radius 2 is 2.33 bits per heavy atom. The molecule has 1 heterocycles. The summed E-state index contributed by atoms with van der Waals surface area (Å²) in [4.78, 5) is 13.2. The summed E-state index contributed by atoms with van der Waals surface area (Å²) in [5.41, 5.74) is 0. The van der Waals surface area contributed by atoms with E-state index >= 15 is 0 Å². The van der Waals surface area contributed by atoms with Gasteiger partial charge in [0.05, 0.1) is 6.54 Å². The molecule has 0 spiro atoms. The van der Waals surface area contributed by atoms with Gasteiger partial charge in [-0.25, -0.2) is 0 Å². The van der Waals surface area contributed by atoms with Crippen molar-refractivity contribution in [2.45, 2.75) is 13.0 Å². The predicted molar refractivity (Wildman–Crippen MR) is 48.0 cm³/mol. The number of hydrogen-bond acceptors (Lipinski definition) is 3. The molecule has 4 heteroatoms. The number of nitrogens with one attached hydrogen (secondary N) is 2. The third-order valence-electron chi connectivity index (χ3n) is 2.15. The Labute approximate surface area is 73.3 Å². The Hall–Kier alpha value is -0.610. The van der Waals surface area contributed by atoms with Crippen molar-refractivity contribution in [1.82, 2.24) is 15.5 Å². The molecular weight excluding hydrogens is 154 g/mol. The average Bonchev–Trinajstić information content (AvgIpc) is 1.82. The highest BCUT2D eigenvalue weighted by molar-refractivity contribution is 5.77.